The van der Waals surface area contributed by atoms with Crippen molar-refractivity contribution in [3.05, 3.63) is 17.5 Å². The van der Waals surface area contributed by atoms with E-state index in [1.54, 1.807) is 18.4 Å². The molecule has 0 bridgehead atoms. The highest BCUT2D eigenvalue weighted by molar-refractivity contribution is 7.91. The van der Waals surface area contributed by atoms with E-state index in [0.29, 0.717) is 0 Å². The molecule has 1 heterocycles. The maximum atomic E-state index is 12.1. The van der Waals surface area contributed by atoms with E-state index < -0.39 is 27.9 Å². The number of likely N-dealkylation sites (N-methyl/N-ethyl adjacent to an activating group) is 1. The van der Waals surface area contributed by atoms with Gasteiger partial charge in [0, 0.05) is 13.1 Å². The fraction of sp³-hybridized carbons (Fsp3) is 0.455. The minimum absolute atomic E-state index is 0.159. The molecule has 0 aliphatic heterocycles. The molecule has 112 valence electrons. The van der Waals surface area contributed by atoms with E-state index in [2.05, 4.69) is 5.32 Å². The Balaban J connectivity index is 2.60. The summed E-state index contributed by atoms with van der Waals surface area (Å²) in [5.41, 5.74) is 0. The molecule has 0 spiro atoms. The van der Waals surface area contributed by atoms with E-state index in [9.17, 15) is 18.0 Å². The van der Waals surface area contributed by atoms with Crippen molar-refractivity contribution >= 4 is 33.2 Å². The van der Waals surface area contributed by atoms with E-state index in [-0.39, 0.29) is 17.2 Å². The summed E-state index contributed by atoms with van der Waals surface area (Å²) < 4.78 is 25.2. The average molecular weight is 320 g/mol. The lowest BCUT2D eigenvalue weighted by atomic mass is 10.2. The van der Waals surface area contributed by atoms with Crippen LogP contribution in [0.4, 0.5) is 0 Å². The lowest BCUT2D eigenvalue weighted by Gasteiger charge is -2.17. The molecule has 0 saturated carbocycles. The summed E-state index contributed by atoms with van der Waals surface area (Å²) in [6, 6.07) is 2.51. The average Bonchev–Trinajstić information content (AvgIpc) is 2.80. The molecule has 20 heavy (non-hydrogen) atoms. The highest BCUT2D eigenvalue weighted by Crippen LogP contribution is 2.19. The molecule has 0 fully saturated rings. The largest absolute Gasteiger partial charge is 0.481 e. The summed E-state index contributed by atoms with van der Waals surface area (Å²) in [6.07, 6.45) is -0.215. The van der Waals surface area contributed by atoms with E-state index in [0.717, 1.165) is 15.6 Å². The number of hydrogen-bond donors (Lipinski definition) is 2. The highest BCUT2D eigenvalue weighted by Gasteiger charge is 2.24. The first-order chi connectivity index (χ1) is 9.23. The number of carbonyl (C=O) groups is 2. The molecule has 1 atom stereocenters. The molecule has 1 unspecified atom stereocenters. The number of carboxylic acids is 1. The van der Waals surface area contributed by atoms with Crippen LogP contribution >= 0.6 is 11.3 Å². The van der Waals surface area contributed by atoms with E-state index in [1.165, 1.54) is 13.1 Å². The number of thiophene rings is 1. The van der Waals surface area contributed by atoms with Gasteiger partial charge in [-0.2, -0.15) is 4.31 Å². The van der Waals surface area contributed by atoms with Crippen LogP contribution in [0.15, 0.2) is 21.7 Å². The van der Waals surface area contributed by atoms with Crippen molar-refractivity contribution < 1.29 is 23.1 Å². The second-order valence-corrected chi connectivity index (χ2v) is 7.48. The van der Waals surface area contributed by atoms with Crippen LogP contribution in [0.2, 0.25) is 0 Å². The Morgan fingerprint density at radius 2 is 2.15 bits per heavy atom. The van der Waals surface area contributed by atoms with Crippen molar-refractivity contribution in [1.29, 1.82) is 0 Å². The summed E-state index contributed by atoms with van der Waals surface area (Å²) in [5.74, 6) is -1.57. The normalized spacial score (nSPS) is 13.2. The van der Waals surface area contributed by atoms with Crippen molar-refractivity contribution in [3.8, 4) is 0 Å². The van der Waals surface area contributed by atoms with Crippen LogP contribution in [0.1, 0.15) is 13.3 Å². The smallest absolute Gasteiger partial charge is 0.305 e. The molecule has 1 aromatic rings. The number of hydrogen-bond acceptors (Lipinski definition) is 5. The molecule has 2 N–H and O–H groups in total. The van der Waals surface area contributed by atoms with Gasteiger partial charge in [0.05, 0.1) is 13.0 Å². The minimum atomic E-state index is -3.67. The summed E-state index contributed by atoms with van der Waals surface area (Å²) in [6.45, 7) is 1.18. The lowest BCUT2D eigenvalue weighted by molar-refractivity contribution is -0.137. The number of amides is 1. The first kappa shape index (κ1) is 16.6. The topological polar surface area (TPSA) is 104 Å². The third-order valence-corrected chi connectivity index (χ3v) is 5.59. The Morgan fingerprint density at radius 3 is 2.65 bits per heavy atom. The molecule has 0 saturated heterocycles. The number of aliphatic carboxylic acids is 1. The predicted octanol–water partition coefficient (Wildman–Crippen LogP) is 0.348. The lowest BCUT2D eigenvalue weighted by Crippen LogP contribution is -2.42. The van der Waals surface area contributed by atoms with Crippen molar-refractivity contribution in [2.24, 2.45) is 0 Å². The standard InChI is InChI=1S/C11H16N2O5S2/c1-8(6-10(15)16)12-9(14)7-13(2)20(17,18)11-4-3-5-19-11/h3-5,8H,6-7H2,1-2H3,(H,12,14)(H,15,16). The third-order valence-electron chi connectivity index (χ3n) is 2.41. The van der Waals surface area contributed by atoms with Crippen LogP contribution in [-0.2, 0) is 19.6 Å². The van der Waals surface area contributed by atoms with Gasteiger partial charge in [0.1, 0.15) is 4.21 Å². The molecule has 0 radical (unpaired) electrons. The number of sulfonamides is 1. The Labute approximate surface area is 121 Å². The zero-order valence-corrected chi connectivity index (χ0v) is 12.7. The zero-order valence-electron chi connectivity index (χ0n) is 11.1. The van der Waals surface area contributed by atoms with Gasteiger partial charge in [0.2, 0.25) is 5.91 Å². The summed E-state index contributed by atoms with van der Waals surface area (Å²) in [4.78, 5) is 22.1. The molecule has 0 aliphatic rings. The molecule has 0 aromatic carbocycles. The van der Waals surface area contributed by atoms with Gasteiger partial charge in [0.15, 0.2) is 0 Å². The predicted molar refractivity (Wildman–Crippen MR) is 74.0 cm³/mol. The van der Waals surface area contributed by atoms with Gasteiger partial charge < -0.3 is 10.4 Å². The summed E-state index contributed by atoms with van der Waals surface area (Å²) in [7, 11) is -2.37. The van der Waals surface area contributed by atoms with Crippen LogP contribution in [0, 0.1) is 0 Å². The van der Waals surface area contributed by atoms with Crippen molar-refractivity contribution in [2.45, 2.75) is 23.6 Å². The molecule has 7 nitrogen and oxygen atoms in total. The Morgan fingerprint density at radius 1 is 1.50 bits per heavy atom. The number of carbonyl (C=O) groups excluding carboxylic acids is 1. The number of nitrogens with zero attached hydrogens (tertiary/aromatic N) is 1. The maximum Gasteiger partial charge on any atom is 0.305 e. The Hall–Kier alpha value is -1.45. The Bertz CT molecular complexity index is 568. The summed E-state index contributed by atoms with van der Waals surface area (Å²) >= 11 is 1.07. The van der Waals surface area contributed by atoms with Crippen LogP contribution in [-0.4, -0.2) is 49.3 Å². The van der Waals surface area contributed by atoms with Gasteiger partial charge in [-0.05, 0) is 18.4 Å². The van der Waals surface area contributed by atoms with E-state index in [4.69, 9.17) is 5.11 Å². The van der Waals surface area contributed by atoms with Gasteiger partial charge in [-0.3, -0.25) is 9.59 Å². The van der Waals surface area contributed by atoms with Gasteiger partial charge in [-0.15, -0.1) is 11.3 Å². The van der Waals surface area contributed by atoms with Gasteiger partial charge in [-0.25, -0.2) is 8.42 Å². The van der Waals surface area contributed by atoms with Crippen LogP contribution in [0.25, 0.3) is 0 Å². The van der Waals surface area contributed by atoms with Crippen LogP contribution in [0.5, 0.6) is 0 Å². The number of rotatable bonds is 7. The van der Waals surface area contributed by atoms with Crippen molar-refractivity contribution in [1.82, 2.24) is 9.62 Å². The molecular weight excluding hydrogens is 304 g/mol. The molecule has 9 heteroatoms. The van der Waals surface area contributed by atoms with E-state index >= 15 is 0 Å². The summed E-state index contributed by atoms with van der Waals surface area (Å²) in [5, 5.41) is 12.6. The van der Waals surface area contributed by atoms with Gasteiger partial charge in [0.25, 0.3) is 10.0 Å². The molecule has 1 aromatic heterocycles. The highest BCUT2D eigenvalue weighted by atomic mass is 32.2. The quantitative estimate of drug-likeness (QED) is 0.754. The fourth-order valence-corrected chi connectivity index (χ4v) is 3.81. The first-order valence-electron chi connectivity index (χ1n) is 5.74. The molecule has 1 amide bonds. The van der Waals surface area contributed by atoms with Gasteiger partial charge >= 0.3 is 5.97 Å². The van der Waals surface area contributed by atoms with Crippen molar-refractivity contribution in [3.63, 3.8) is 0 Å². The molecule has 0 aliphatic carbocycles. The third kappa shape index (κ3) is 4.58. The molecular formula is C11H16N2O5S2. The van der Waals surface area contributed by atoms with Crippen LogP contribution in [0.3, 0.4) is 0 Å². The van der Waals surface area contributed by atoms with Crippen LogP contribution < -0.4 is 5.32 Å². The molecule has 1 rings (SSSR count). The maximum absolute atomic E-state index is 12.1. The van der Waals surface area contributed by atoms with Gasteiger partial charge in [-0.1, -0.05) is 6.07 Å². The second-order valence-electron chi connectivity index (χ2n) is 4.26. The number of nitrogens with one attached hydrogen (secondary N) is 1. The minimum Gasteiger partial charge on any atom is -0.481 e. The second kappa shape index (κ2) is 6.82. The number of carboxylic acid groups (broad SMARTS) is 1. The van der Waals surface area contributed by atoms with Crippen molar-refractivity contribution in [2.75, 3.05) is 13.6 Å². The monoisotopic (exact) mass is 320 g/mol. The zero-order chi connectivity index (χ0) is 15.3. The van der Waals surface area contributed by atoms with E-state index in [1.807, 2.05) is 0 Å². The first-order valence-corrected chi connectivity index (χ1v) is 8.06. The fourth-order valence-electron chi connectivity index (χ4n) is 1.48. The SMILES string of the molecule is CC(CC(=O)O)NC(=O)CN(C)S(=O)(=O)c1cccs1. The Kier molecular flexibility index (Phi) is 5.66.